The normalized spacial score (nSPS) is 32.0. The lowest BCUT2D eigenvalue weighted by atomic mass is 9.71. The van der Waals surface area contributed by atoms with Crippen LogP contribution in [0.4, 0.5) is 4.39 Å². The van der Waals surface area contributed by atoms with Crippen LogP contribution in [0.3, 0.4) is 0 Å². The first-order valence-electron chi connectivity index (χ1n) is 10.1. The van der Waals surface area contributed by atoms with Crippen molar-refractivity contribution in [2.24, 2.45) is 11.8 Å². The van der Waals surface area contributed by atoms with Gasteiger partial charge in [0.2, 0.25) is 0 Å². The summed E-state index contributed by atoms with van der Waals surface area (Å²) in [7, 11) is 0. The van der Waals surface area contributed by atoms with Crippen molar-refractivity contribution in [2.45, 2.75) is 68.8 Å². The van der Waals surface area contributed by atoms with Crippen LogP contribution in [-0.4, -0.2) is 15.6 Å². The van der Waals surface area contributed by atoms with E-state index < -0.39 is 10.5 Å². The summed E-state index contributed by atoms with van der Waals surface area (Å²) in [5.41, 5.74) is 1.46. The molecular weight excluding hydrogens is 391 g/mol. The monoisotopic (exact) mass is 420 g/mol. The maximum atomic E-state index is 15.3. The molecule has 2 atom stereocenters. The van der Waals surface area contributed by atoms with Gasteiger partial charge in [0.05, 0.1) is 4.32 Å². The molecule has 2 unspecified atom stereocenters. The molecule has 26 heavy (non-hydrogen) atoms. The molecule has 0 amide bonds. The molecule has 1 fully saturated rings. The van der Waals surface area contributed by atoms with Gasteiger partial charge in [-0.2, -0.15) is 0 Å². The SMILES string of the molecule is CCCCCC1CCC(C2(Br)C=CC(c3ccccc3)=C(O)C2F)CC1. The number of alkyl halides is 2. The standard InChI is InChI=1S/C23H30BrFO/c1-2-3-5-8-17-11-13-19(14-12-17)23(24)16-15-20(21(26)22(23)25)18-9-6-4-7-10-18/h4,6-7,9-10,15-17,19,22,26H,2-3,5,8,11-14H2,1H3. The van der Waals surface area contributed by atoms with Crippen molar-refractivity contribution >= 4 is 21.5 Å². The van der Waals surface area contributed by atoms with Gasteiger partial charge in [-0.15, -0.1) is 0 Å². The number of unbranched alkanes of at least 4 members (excludes halogenated alkanes) is 2. The van der Waals surface area contributed by atoms with Crippen LogP contribution in [0, 0.1) is 11.8 Å². The van der Waals surface area contributed by atoms with Gasteiger partial charge in [-0.05, 0) is 30.2 Å². The molecule has 1 N–H and O–H groups in total. The number of rotatable bonds is 6. The zero-order valence-corrected chi connectivity index (χ0v) is 17.2. The second kappa shape index (κ2) is 8.73. The molecule has 2 aliphatic carbocycles. The molecule has 0 saturated heterocycles. The van der Waals surface area contributed by atoms with E-state index in [0.717, 1.165) is 24.3 Å². The van der Waals surface area contributed by atoms with Gasteiger partial charge in [0.15, 0.2) is 6.17 Å². The second-order valence-corrected chi connectivity index (χ2v) is 9.28. The Bertz CT molecular complexity index is 645. The minimum Gasteiger partial charge on any atom is -0.508 e. The first kappa shape index (κ1) is 19.7. The number of hydrogen-bond acceptors (Lipinski definition) is 1. The Morgan fingerprint density at radius 1 is 1.12 bits per heavy atom. The fraction of sp³-hybridized carbons (Fsp3) is 0.565. The summed E-state index contributed by atoms with van der Waals surface area (Å²) >= 11 is 3.69. The van der Waals surface area contributed by atoms with Crippen molar-refractivity contribution in [1.82, 2.24) is 0 Å². The van der Waals surface area contributed by atoms with Crippen LogP contribution in [0.25, 0.3) is 5.57 Å². The fourth-order valence-corrected chi connectivity index (χ4v) is 5.32. The summed E-state index contributed by atoms with van der Waals surface area (Å²) < 4.78 is 14.5. The molecule has 0 radical (unpaired) electrons. The Morgan fingerprint density at radius 2 is 1.81 bits per heavy atom. The molecular formula is C23H30BrFO. The lowest BCUT2D eigenvalue weighted by Crippen LogP contribution is -2.43. The Hall–Kier alpha value is -1.09. The Labute approximate surface area is 165 Å². The molecule has 0 aliphatic heterocycles. The molecule has 0 spiro atoms. The van der Waals surface area contributed by atoms with E-state index in [1.807, 2.05) is 42.5 Å². The van der Waals surface area contributed by atoms with Gasteiger partial charge in [-0.3, -0.25) is 0 Å². The summed E-state index contributed by atoms with van der Waals surface area (Å²) in [4.78, 5) is 0. The number of allylic oxidation sites excluding steroid dienone is 4. The van der Waals surface area contributed by atoms with E-state index in [1.54, 1.807) is 0 Å². The average molecular weight is 421 g/mol. The Morgan fingerprint density at radius 3 is 2.46 bits per heavy atom. The summed E-state index contributed by atoms with van der Waals surface area (Å²) in [5.74, 6) is 0.889. The van der Waals surface area contributed by atoms with Crippen LogP contribution >= 0.6 is 15.9 Å². The molecule has 1 saturated carbocycles. The third-order valence-corrected chi connectivity index (χ3v) is 7.50. The zero-order chi connectivity index (χ0) is 18.6. The van der Waals surface area contributed by atoms with Gasteiger partial charge in [-0.25, -0.2) is 4.39 Å². The molecule has 1 aromatic rings. The predicted octanol–water partition coefficient (Wildman–Crippen LogP) is 7.38. The lowest BCUT2D eigenvalue weighted by molar-refractivity contribution is 0.159. The zero-order valence-electron chi connectivity index (χ0n) is 15.6. The van der Waals surface area contributed by atoms with E-state index in [4.69, 9.17) is 0 Å². The average Bonchev–Trinajstić information content (AvgIpc) is 2.68. The molecule has 1 aromatic carbocycles. The lowest BCUT2D eigenvalue weighted by Gasteiger charge is -2.42. The number of aliphatic hydroxyl groups is 1. The van der Waals surface area contributed by atoms with Crippen LogP contribution in [0.5, 0.6) is 0 Å². The van der Waals surface area contributed by atoms with E-state index in [9.17, 15) is 5.11 Å². The largest absolute Gasteiger partial charge is 0.508 e. The minimum atomic E-state index is -1.40. The summed E-state index contributed by atoms with van der Waals surface area (Å²) in [6, 6.07) is 9.56. The molecule has 142 valence electrons. The van der Waals surface area contributed by atoms with Gasteiger partial charge < -0.3 is 5.11 Å². The quantitative estimate of drug-likeness (QED) is 0.375. The van der Waals surface area contributed by atoms with Crippen molar-refractivity contribution in [3.05, 3.63) is 53.8 Å². The smallest absolute Gasteiger partial charge is 0.176 e. The number of halogens is 2. The fourth-order valence-electron chi connectivity index (χ4n) is 4.51. The van der Waals surface area contributed by atoms with E-state index in [2.05, 4.69) is 22.9 Å². The van der Waals surface area contributed by atoms with E-state index in [0.29, 0.717) is 5.57 Å². The van der Waals surface area contributed by atoms with Gasteiger partial charge in [0, 0.05) is 5.57 Å². The van der Waals surface area contributed by atoms with E-state index in [1.165, 1.54) is 38.5 Å². The number of hydrogen-bond donors (Lipinski definition) is 1. The molecule has 3 heteroatoms. The Kier molecular flexibility index (Phi) is 6.60. The number of benzene rings is 1. The maximum Gasteiger partial charge on any atom is 0.176 e. The van der Waals surface area contributed by atoms with Crippen molar-refractivity contribution in [2.75, 3.05) is 0 Å². The summed E-state index contributed by atoms with van der Waals surface area (Å²) in [6.45, 7) is 2.24. The second-order valence-electron chi connectivity index (χ2n) is 7.90. The van der Waals surface area contributed by atoms with Gasteiger partial charge in [0.25, 0.3) is 0 Å². The van der Waals surface area contributed by atoms with Crippen LogP contribution < -0.4 is 0 Å². The molecule has 0 heterocycles. The maximum absolute atomic E-state index is 15.3. The topological polar surface area (TPSA) is 20.2 Å². The highest BCUT2D eigenvalue weighted by molar-refractivity contribution is 9.10. The van der Waals surface area contributed by atoms with E-state index >= 15 is 4.39 Å². The summed E-state index contributed by atoms with van der Waals surface area (Å²) in [5, 5.41) is 10.6. The van der Waals surface area contributed by atoms with Crippen LogP contribution in [0.1, 0.15) is 63.9 Å². The first-order chi connectivity index (χ1) is 12.6. The highest BCUT2D eigenvalue weighted by Crippen LogP contribution is 2.49. The van der Waals surface area contributed by atoms with Gasteiger partial charge >= 0.3 is 0 Å². The van der Waals surface area contributed by atoms with Crippen molar-refractivity contribution in [3.8, 4) is 0 Å². The highest BCUT2D eigenvalue weighted by atomic mass is 79.9. The molecule has 1 nitrogen and oxygen atoms in total. The van der Waals surface area contributed by atoms with Crippen molar-refractivity contribution < 1.29 is 9.50 Å². The first-order valence-corrected chi connectivity index (χ1v) is 10.9. The molecule has 2 aliphatic rings. The molecule has 0 aromatic heterocycles. The number of aliphatic hydroxyl groups excluding tert-OH is 1. The van der Waals surface area contributed by atoms with Crippen LogP contribution in [0.15, 0.2) is 48.2 Å². The highest BCUT2D eigenvalue weighted by Gasteiger charge is 2.47. The minimum absolute atomic E-state index is 0.138. The van der Waals surface area contributed by atoms with Gasteiger partial charge in [0.1, 0.15) is 5.76 Å². The van der Waals surface area contributed by atoms with Crippen LogP contribution in [0.2, 0.25) is 0 Å². The molecule has 0 bridgehead atoms. The van der Waals surface area contributed by atoms with Crippen molar-refractivity contribution in [3.63, 3.8) is 0 Å². The van der Waals surface area contributed by atoms with Crippen molar-refractivity contribution in [1.29, 1.82) is 0 Å². The predicted molar refractivity (Wildman–Crippen MR) is 111 cm³/mol. The van der Waals surface area contributed by atoms with Gasteiger partial charge in [-0.1, -0.05) is 104 Å². The third kappa shape index (κ3) is 4.08. The molecule has 3 rings (SSSR count). The van der Waals surface area contributed by atoms with E-state index in [-0.39, 0.29) is 11.7 Å². The summed E-state index contributed by atoms with van der Waals surface area (Å²) in [6.07, 6.45) is 12.1. The Balaban J connectivity index is 1.67. The third-order valence-electron chi connectivity index (χ3n) is 6.18. The van der Waals surface area contributed by atoms with Crippen LogP contribution in [-0.2, 0) is 0 Å².